The average molecular weight is 1620 g/mol. The van der Waals surface area contributed by atoms with E-state index in [1.807, 2.05) is 0 Å². The molecule has 2 aromatic carbocycles. The molecule has 3 saturated heterocycles. The second-order valence-electron chi connectivity index (χ2n) is 25.8. The van der Waals surface area contributed by atoms with E-state index in [2.05, 4.69) is 31.9 Å². The van der Waals surface area contributed by atoms with Crippen molar-refractivity contribution < 1.29 is 167 Å². The Bertz CT molecular complexity index is 3670. The number of hydrogen-bond acceptors (Lipinski definition) is 34. The van der Waals surface area contributed by atoms with Gasteiger partial charge in [-0.05, 0) is 51.7 Å². The van der Waals surface area contributed by atoms with Crippen LogP contribution >= 0.6 is 0 Å². The zero-order valence-corrected chi connectivity index (χ0v) is 65.2. The topological polar surface area (TPSA) is 532 Å². The Morgan fingerprint density at radius 1 is 0.342 bits per heavy atom. The molecule has 0 unspecified atom stereocenters. The number of hydrogen-bond donors (Lipinski definition) is 7. The fraction of sp³-hybridized carbons (Fsp3) is 0.616. The summed E-state index contributed by atoms with van der Waals surface area (Å²) in [7, 11) is 0. The molecule has 7 N–H and O–H groups in total. The Kier molecular flexibility index (Phi) is 39.1. The van der Waals surface area contributed by atoms with Gasteiger partial charge in [-0.3, -0.25) is 71.9 Å². The number of nitrogens with one attached hydrogen (secondary N) is 6. The molecule has 0 aromatic heterocycles. The van der Waals surface area contributed by atoms with E-state index in [0.717, 1.165) is 62.3 Å². The van der Waals surface area contributed by atoms with Gasteiger partial charge in [-0.25, -0.2) is 4.79 Å². The minimum Gasteiger partial charge on any atom is -0.482 e. The van der Waals surface area contributed by atoms with E-state index in [9.17, 15) is 81.8 Å². The third-order valence-electron chi connectivity index (χ3n) is 16.2. The van der Waals surface area contributed by atoms with Crippen LogP contribution in [0, 0.1) is 0 Å². The third kappa shape index (κ3) is 31.9. The van der Waals surface area contributed by atoms with Crippen LogP contribution < -0.4 is 46.1 Å². The molecule has 3 aliphatic rings. The fourth-order valence-corrected chi connectivity index (χ4v) is 11.7. The SMILES string of the molecule is CC(=O)O[C@@H]1[C@@H](OC(C)=O)[C@H](C)O[C@@H](OCCCC(=O)NCCNC(=O)COc2cc(-c3ccccc3)c(OCC(=O)NCCNC(=O)CCCO[C@@H]3O[C@@H](C)[C@H](OC(C)=O)[C@@H](OC(C)=O)[C@H]3OC(C)=O)c(C(=O)O)c2OCC(=O)NCCNC(=O)CCCO[C@@H]2O[C@@H](C)[C@H](OC(C)=O)[C@@H](OC(C)=O)[C@H]2OC(C)=O)[C@@H]1OC(C)=O. The molecule has 114 heavy (non-hydrogen) atoms. The summed E-state index contributed by atoms with van der Waals surface area (Å²) in [6.45, 7) is 10.8. The number of carboxylic acids is 1. The summed E-state index contributed by atoms with van der Waals surface area (Å²) < 4.78 is 101. The number of aromatic carboxylic acids is 1. The van der Waals surface area contributed by atoms with Gasteiger partial charge in [0.1, 0.15) is 11.3 Å². The van der Waals surface area contributed by atoms with Gasteiger partial charge in [-0.2, -0.15) is 0 Å². The monoisotopic (exact) mass is 1620 g/mol. The molecule has 5 rings (SSSR count). The minimum absolute atomic E-state index is 0.00363. The number of carboxylic acid groups (broad SMARTS) is 1. The van der Waals surface area contributed by atoms with Crippen LogP contribution in [0.2, 0.25) is 0 Å². The molecule has 0 spiro atoms. The zero-order chi connectivity index (χ0) is 84.3. The summed E-state index contributed by atoms with van der Waals surface area (Å²) in [6.07, 6.45) is -18.2. The quantitative estimate of drug-likeness (QED) is 0.0259. The second kappa shape index (κ2) is 47.6. The zero-order valence-electron chi connectivity index (χ0n) is 65.2. The van der Waals surface area contributed by atoms with Gasteiger partial charge in [0.15, 0.2) is 105 Å². The molecule has 2 aromatic rings. The van der Waals surface area contributed by atoms with Crippen molar-refractivity contribution in [1.82, 2.24) is 31.9 Å². The molecule has 0 saturated carbocycles. The van der Waals surface area contributed by atoms with Crippen LogP contribution in [-0.4, -0.2) is 271 Å². The summed E-state index contributed by atoms with van der Waals surface area (Å²) in [5.41, 5.74) is -0.476. The fourth-order valence-electron chi connectivity index (χ4n) is 11.7. The first-order valence-corrected chi connectivity index (χ1v) is 36.4. The lowest BCUT2D eigenvalue weighted by Gasteiger charge is -2.43. The van der Waals surface area contributed by atoms with Crippen LogP contribution in [-0.2, 0) is 143 Å². The van der Waals surface area contributed by atoms with Gasteiger partial charge in [-0.1, -0.05) is 30.3 Å². The van der Waals surface area contributed by atoms with E-state index in [-0.39, 0.29) is 103 Å². The van der Waals surface area contributed by atoms with Crippen molar-refractivity contribution in [1.29, 1.82) is 0 Å². The van der Waals surface area contributed by atoms with Crippen LogP contribution in [0.1, 0.15) is 132 Å². The normalized spacial score (nSPS) is 22.8. The van der Waals surface area contributed by atoms with Crippen LogP contribution in [0.25, 0.3) is 11.1 Å². The molecule has 41 nitrogen and oxygen atoms in total. The lowest BCUT2D eigenvalue weighted by atomic mass is 9.99. The molecule has 3 aliphatic heterocycles. The van der Waals surface area contributed by atoms with Gasteiger partial charge >= 0.3 is 59.7 Å². The highest BCUT2D eigenvalue weighted by Crippen LogP contribution is 2.46. The molecule has 0 aliphatic carbocycles. The van der Waals surface area contributed by atoms with Gasteiger partial charge in [0.25, 0.3) is 17.7 Å². The number of amides is 6. The molecular formula is C73H100N6O35. The number of carbonyl (C=O) groups excluding carboxylic acids is 15. The molecule has 0 bridgehead atoms. The summed E-state index contributed by atoms with van der Waals surface area (Å²) in [5, 5.41) is 26.5. The summed E-state index contributed by atoms with van der Waals surface area (Å²) in [5.74, 6) is -14.0. The van der Waals surface area contributed by atoms with Crippen molar-refractivity contribution >= 4 is 95.1 Å². The number of ether oxygens (including phenoxy) is 18. The first-order chi connectivity index (χ1) is 54.0. The molecule has 0 radical (unpaired) electrons. The summed E-state index contributed by atoms with van der Waals surface area (Å²) >= 11 is 0. The predicted molar refractivity (Wildman–Crippen MR) is 382 cm³/mol. The van der Waals surface area contributed by atoms with Crippen LogP contribution in [0.3, 0.4) is 0 Å². The van der Waals surface area contributed by atoms with Crippen molar-refractivity contribution in [2.45, 2.75) is 214 Å². The largest absolute Gasteiger partial charge is 0.482 e. The summed E-state index contributed by atoms with van der Waals surface area (Å²) in [6, 6.07) is 9.24. The Morgan fingerprint density at radius 3 is 0.895 bits per heavy atom. The van der Waals surface area contributed by atoms with Gasteiger partial charge in [0.2, 0.25) is 17.7 Å². The second-order valence-corrected chi connectivity index (χ2v) is 25.8. The van der Waals surface area contributed by atoms with Gasteiger partial charge < -0.3 is 122 Å². The van der Waals surface area contributed by atoms with Crippen LogP contribution in [0.4, 0.5) is 0 Å². The molecular weight excluding hydrogens is 1520 g/mol. The molecule has 41 heteroatoms. The average Bonchev–Trinajstić information content (AvgIpc) is 0.784. The van der Waals surface area contributed by atoms with E-state index < -0.39 is 230 Å². The van der Waals surface area contributed by atoms with Crippen molar-refractivity contribution in [3.8, 4) is 28.4 Å². The highest BCUT2D eigenvalue weighted by molar-refractivity contribution is 5.99. The van der Waals surface area contributed by atoms with Crippen molar-refractivity contribution in [2.24, 2.45) is 0 Å². The highest BCUT2D eigenvalue weighted by atomic mass is 16.8. The maximum atomic E-state index is 13.6. The van der Waals surface area contributed by atoms with Crippen molar-refractivity contribution in [3.05, 3.63) is 42.0 Å². The third-order valence-corrected chi connectivity index (χ3v) is 16.2. The number of benzene rings is 2. The Balaban J connectivity index is 1.22. The van der Waals surface area contributed by atoms with E-state index in [4.69, 9.17) is 85.3 Å². The number of carbonyl (C=O) groups is 16. The molecule has 6 amide bonds. The van der Waals surface area contributed by atoms with E-state index in [1.165, 1.54) is 26.8 Å². The Labute approximate surface area is 654 Å². The van der Waals surface area contributed by atoms with Crippen molar-refractivity contribution in [2.75, 3.05) is 78.9 Å². The first kappa shape index (κ1) is 93.7. The summed E-state index contributed by atoms with van der Waals surface area (Å²) in [4.78, 5) is 201. The maximum absolute atomic E-state index is 13.6. The molecule has 632 valence electrons. The Morgan fingerprint density at radius 2 is 0.605 bits per heavy atom. The van der Waals surface area contributed by atoms with Crippen LogP contribution in [0.15, 0.2) is 36.4 Å². The number of rotatable bonds is 44. The van der Waals surface area contributed by atoms with Gasteiger partial charge in [0.05, 0.1) is 38.1 Å². The highest BCUT2D eigenvalue weighted by Gasteiger charge is 2.54. The molecule has 15 atom stereocenters. The first-order valence-electron chi connectivity index (χ1n) is 36.4. The Hall–Kier alpha value is -10.9. The van der Waals surface area contributed by atoms with Crippen molar-refractivity contribution in [3.63, 3.8) is 0 Å². The van der Waals surface area contributed by atoms with E-state index >= 15 is 0 Å². The number of esters is 9. The molecule has 3 fully saturated rings. The standard InChI is InChI=1S/C73H100N6O35/c1-37-59(106-40(4)80)64(109-43(7)83)67(112-46(10)86)71(103-37)97-30-16-21-52(89)74-24-27-77-55(92)34-100-51-33-50(49-19-14-13-15-20-49)62(101-35-56(93)78-28-25-75-53(90)22-17-31-98-72-68(113-47(11)87)65(110-44(8)84)60(38(2)104-72)107-41(5)81)58(70(95)96)63(51)102-36-57(94)79-29-26-76-54(91)23-18-32-99-73-69(114-48(12)88)66(111-45(9)85)61(39(3)105-73)108-42(6)82/h13-15,19-20,33,37-39,59-61,64-69,71-73H,16-18,21-32,34-36H2,1-12H3,(H,74,89)(H,75,90)(H,76,91)(H,77,92)(H,78,93)(H,79,94)(H,95,96)/t37-,38-,39-,59-,60-,61-,64+,65+,66+,67+,68+,69+,71+,72+,73+/m0/s1. The van der Waals surface area contributed by atoms with Gasteiger partial charge in [0, 0.05) is 126 Å². The molecule has 3 heterocycles. The smallest absolute Gasteiger partial charge is 0.343 e. The minimum atomic E-state index is -1.73. The lowest BCUT2D eigenvalue weighted by molar-refractivity contribution is -0.300. The maximum Gasteiger partial charge on any atom is 0.343 e. The van der Waals surface area contributed by atoms with Crippen LogP contribution in [0.5, 0.6) is 17.2 Å². The van der Waals surface area contributed by atoms with Gasteiger partial charge in [-0.15, -0.1) is 0 Å². The lowest BCUT2D eigenvalue weighted by Crippen LogP contribution is -2.61. The predicted octanol–water partition coefficient (Wildman–Crippen LogP) is -0.105. The van der Waals surface area contributed by atoms with E-state index in [0.29, 0.717) is 5.56 Å². The van der Waals surface area contributed by atoms with E-state index in [1.54, 1.807) is 30.3 Å².